The molecule has 0 amide bonds. The van der Waals surface area contributed by atoms with E-state index >= 15 is 0 Å². The molecule has 1 aromatic carbocycles. The van der Waals surface area contributed by atoms with Crippen LogP contribution < -0.4 is 5.73 Å². The minimum Gasteiger partial charge on any atom is -0.398 e. The summed E-state index contributed by atoms with van der Waals surface area (Å²) in [6, 6.07) is 6.49. The Morgan fingerprint density at radius 3 is 2.67 bits per heavy atom. The predicted molar refractivity (Wildman–Crippen MR) is 70.5 cm³/mol. The van der Waals surface area contributed by atoms with Crippen LogP contribution in [0.1, 0.15) is 6.92 Å². The maximum atomic E-state index is 12.3. The van der Waals surface area contributed by atoms with E-state index in [1.807, 2.05) is 6.07 Å². The van der Waals surface area contributed by atoms with Crippen LogP contribution in [0.5, 0.6) is 0 Å². The molecular formula is C11H14ClN3O2S. The highest BCUT2D eigenvalue weighted by atomic mass is 35.5. The first-order valence-corrected chi connectivity index (χ1v) is 7.02. The van der Waals surface area contributed by atoms with Crippen LogP contribution in [0.3, 0.4) is 0 Å². The van der Waals surface area contributed by atoms with Gasteiger partial charge in [-0.1, -0.05) is 17.7 Å². The summed E-state index contributed by atoms with van der Waals surface area (Å²) in [4.78, 5) is -0.112. The molecule has 5 nitrogen and oxygen atoms in total. The van der Waals surface area contributed by atoms with Crippen molar-refractivity contribution in [2.75, 3.05) is 19.3 Å². The number of sulfonamides is 1. The minimum atomic E-state index is -3.78. The quantitative estimate of drug-likeness (QED) is 0.854. The number of nitrogens with zero attached hydrogens (tertiary/aromatic N) is 2. The van der Waals surface area contributed by atoms with E-state index in [1.165, 1.54) is 19.2 Å². The van der Waals surface area contributed by atoms with Crippen LogP contribution in [0.4, 0.5) is 5.69 Å². The summed E-state index contributed by atoms with van der Waals surface area (Å²) in [7, 11) is -2.39. The molecule has 1 unspecified atom stereocenters. The van der Waals surface area contributed by atoms with Crippen molar-refractivity contribution in [1.82, 2.24) is 4.31 Å². The number of rotatable bonds is 4. The lowest BCUT2D eigenvalue weighted by Gasteiger charge is -2.19. The molecule has 0 aliphatic heterocycles. The molecule has 0 radical (unpaired) electrons. The van der Waals surface area contributed by atoms with Gasteiger partial charge in [-0.15, -0.1) is 0 Å². The van der Waals surface area contributed by atoms with Crippen LogP contribution in [0.2, 0.25) is 5.02 Å². The average Bonchev–Trinajstić information content (AvgIpc) is 2.28. The lowest BCUT2D eigenvalue weighted by molar-refractivity contribution is 0.439. The van der Waals surface area contributed by atoms with Gasteiger partial charge in [0.2, 0.25) is 10.0 Å². The van der Waals surface area contributed by atoms with Crippen molar-refractivity contribution >= 4 is 27.3 Å². The summed E-state index contributed by atoms with van der Waals surface area (Å²) in [5, 5.41) is 8.78. The Bertz CT molecular complexity index is 560. The normalized spacial score (nSPS) is 13.3. The van der Waals surface area contributed by atoms with Crippen LogP contribution >= 0.6 is 11.6 Å². The second-order valence-electron chi connectivity index (χ2n) is 3.97. The SMILES string of the molecule is CC(C#N)CN(C)S(=O)(=O)c1c(N)cccc1Cl. The molecular weight excluding hydrogens is 274 g/mol. The van der Waals surface area contributed by atoms with Gasteiger partial charge in [0.1, 0.15) is 4.90 Å². The zero-order valence-electron chi connectivity index (χ0n) is 10.1. The van der Waals surface area contributed by atoms with Gasteiger partial charge in [0.15, 0.2) is 0 Å². The molecule has 18 heavy (non-hydrogen) atoms. The summed E-state index contributed by atoms with van der Waals surface area (Å²) in [5.41, 5.74) is 5.75. The lowest BCUT2D eigenvalue weighted by atomic mass is 10.2. The smallest absolute Gasteiger partial charge is 0.246 e. The first-order chi connectivity index (χ1) is 8.30. The molecule has 0 saturated carbocycles. The van der Waals surface area contributed by atoms with Crippen LogP contribution in [-0.2, 0) is 10.0 Å². The maximum absolute atomic E-state index is 12.3. The van der Waals surface area contributed by atoms with Gasteiger partial charge in [-0.05, 0) is 19.1 Å². The third kappa shape index (κ3) is 2.93. The number of hydrogen-bond donors (Lipinski definition) is 1. The molecule has 0 aliphatic carbocycles. The van der Waals surface area contributed by atoms with Gasteiger partial charge >= 0.3 is 0 Å². The number of halogens is 1. The van der Waals surface area contributed by atoms with E-state index in [1.54, 1.807) is 13.0 Å². The highest BCUT2D eigenvalue weighted by molar-refractivity contribution is 7.89. The Hall–Kier alpha value is -1.29. The molecule has 1 aromatic rings. The second-order valence-corrected chi connectivity index (χ2v) is 6.36. The van der Waals surface area contributed by atoms with Gasteiger partial charge in [-0.3, -0.25) is 0 Å². The molecule has 0 bridgehead atoms. The fourth-order valence-corrected chi connectivity index (χ4v) is 3.36. The number of hydrogen-bond acceptors (Lipinski definition) is 4. The van der Waals surface area contributed by atoms with Gasteiger partial charge in [0.05, 0.1) is 22.7 Å². The molecule has 0 heterocycles. The van der Waals surface area contributed by atoms with Crippen molar-refractivity contribution < 1.29 is 8.42 Å². The highest BCUT2D eigenvalue weighted by Gasteiger charge is 2.26. The summed E-state index contributed by atoms with van der Waals surface area (Å²) in [6.45, 7) is 1.73. The van der Waals surface area contributed by atoms with Crippen LogP contribution in [-0.4, -0.2) is 26.3 Å². The topological polar surface area (TPSA) is 87.2 Å². The minimum absolute atomic E-state index is 0.0754. The first kappa shape index (κ1) is 14.8. The van der Waals surface area contributed by atoms with Gasteiger partial charge in [-0.2, -0.15) is 9.57 Å². The van der Waals surface area contributed by atoms with E-state index < -0.39 is 15.9 Å². The summed E-state index contributed by atoms with van der Waals surface area (Å²) in [5.74, 6) is -0.409. The maximum Gasteiger partial charge on any atom is 0.246 e. The molecule has 0 saturated heterocycles. The Balaban J connectivity index is 3.19. The largest absolute Gasteiger partial charge is 0.398 e. The average molecular weight is 288 g/mol. The van der Waals surface area contributed by atoms with E-state index in [0.29, 0.717) is 0 Å². The Kier molecular flexibility index (Phi) is 4.57. The number of nitrogen functional groups attached to an aromatic ring is 1. The van der Waals surface area contributed by atoms with Gasteiger partial charge in [0.25, 0.3) is 0 Å². The van der Waals surface area contributed by atoms with Crippen molar-refractivity contribution in [2.24, 2.45) is 5.92 Å². The summed E-state index contributed by atoms with van der Waals surface area (Å²) < 4.78 is 25.6. The number of nitrogens with two attached hydrogens (primary N) is 1. The van der Waals surface area contributed by atoms with E-state index in [4.69, 9.17) is 22.6 Å². The molecule has 7 heteroatoms. The van der Waals surface area contributed by atoms with E-state index in [0.717, 1.165) is 4.31 Å². The fraction of sp³-hybridized carbons (Fsp3) is 0.364. The fourth-order valence-electron chi connectivity index (χ4n) is 1.48. The van der Waals surface area contributed by atoms with E-state index in [-0.39, 0.29) is 22.2 Å². The highest BCUT2D eigenvalue weighted by Crippen LogP contribution is 2.29. The number of nitriles is 1. The number of benzene rings is 1. The van der Waals surface area contributed by atoms with Crippen LogP contribution in [0.25, 0.3) is 0 Å². The lowest BCUT2D eigenvalue weighted by Crippen LogP contribution is -2.31. The van der Waals surface area contributed by atoms with Crippen LogP contribution in [0, 0.1) is 17.2 Å². The summed E-state index contributed by atoms with van der Waals surface area (Å²) >= 11 is 5.88. The van der Waals surface area contributed by atoms with Gasteiger partial charge < -0.3 is 5.73 Å². The second kappa shape index (κ2) is 5.57. The first-order valence-electron chi connectivity index (χ1n) is 5.20. The zero-order valence-corrected chi connectivity index (χ0v) is 11.7. The third-order valence-electron chi connectivity index (χ3n) is 2.42. The van der Waals surface area contributed by atoms with Gasteiger partial charge in [0, 0.05) is 13.6 Å². The van der Waals surface area contributed by atoms with Crippen molar-refractivity contribution in [3.05, 3.63) is 23.2 Å². The Labute approximate surface area is 112 Å². The van der Waals surface area contributed by atoms with Crippen molar-refractivity contribution in [3.8, 4) is 6.07 Å². The van der Waals surface area contributed by atoms with Crippen LogP contribution in [0.15, 0.2) is 23.1 Å². The van der Waals surface area contributed by atoms with Crippen molar-refractivity contribution in [3.63, 3.8) is 0 Å². The molecule has 1 atom stereocenters. The number of anilines is 1. The molecule has 0 spiro atoms. The third-order valence-corrected chi connectivity index (χ3v) is 4.79. The van der Waals surface area contributed by atoms with Crippen molar-refractivity contribution in [1.29, 1.82) is 5.26 Å². The molecule has 0 fully saturated rings. The van der Waals surface area contributed by atoms with Crippen molar-refractivity contribution in [2.45, 2.75) is 11.8 Å². The molecule has 0 aliphatic rings. The van der Waals surface area contributed by atoms with E-state index in [9.17, 15) is 8.42 Å². The molecule has 98 valence electrons. The predicted octanol–water partition coefficient (Wildman–Crippen LogP) is 1.70. The van der Waals surface area contributed by atoms with E-state index in [2.05, 4.69) is 0 Å². The molecule has 2 N–H and O–H groups in total. The Morgan fingerprint density at radius 1 is 1.56 bits per heavy atom. The Morgan fingerprint density at radius 2 is 2.17 bits per heavy atom. The molecule has 0 aromatic heterocycles. The monoisotopic (exact) mass is 287 g/mol. The molecule has 1 rings (SSSR count). The zero-order chi connectivity index (χ0) is 13.9. The standard InChI is InChI=1S/C11H14ClN3O2S/c1-8(6-13)7-15(2)18(16,17)11-9(12)4-3-5-10(11)14/h3-5,8H,7,14H2,1-2H3. The van der Waals surface area contributed by atoms with Gasteiger partial charge in [-0.25, -0.2) is 8.42 Å². The summed E-state index contributed by atoms with van der Waals surface area (Å²) in [6.07, 6.45) is 0.